The molecule has 0 heterocycles. The molecule has 0 unspecified atom stereocenters. The van der Waals surface area contributed by atoms with Gasteiger partial charge in [0.05, 0.1) is 31.3 Å². The smallest absolute Gasteiger partial charge is 0.404 e. The Bertz CT molecular complexity index is 1040. The average Bonchev–Trinajstić information content (AvgIpc) is 2.77. The fourth-order valence-electron chi connectivity index (χ4n) is 3.36. The van der Waals surface area contributed by atoms with Gasteiger partial charge in [-0.3, -0.25) is 0 Å². The molecule has 0 radical (unpaired) electrons. The molecule has 0 fully saturated rings. The number of rotatable bonds is 12. The minimum absolute atomic E-state index is 0.0763. The number of alkyl halides is 1. The summed E-state index contributed by atoms with van der Waals surface area (Å²) in [6.45, 7) is 1.38. The van der Waals surface area contributed by atoms with Crippen molar-refractivity contribution in [1.29, 1.82) is 0 Å². The maximum absolute atomic E-state index is 14.6. The molecule has 0 bridgehead atoms. The van der Waals surface area contributed by atoms with Crippen molar-refractivity contribution in [2.45, 2.75) is 43.0 Å². The number of hydrogen-bond donors (Lipinski definition) is 3. The van der Waals surface area contributed by atoms with Gasteiger partial charge in [0.25, 0.3) is 0 Å². The van der Waals surface area contributed by atoms with Crippen molar-refractivity contribution in [2.24, 2.45) is 0 Å². The number of halogens is 1. The van der Waals surface area contributed by atoms with E-state index in [4.69, 9.17) is 9.47 Å². The molecule has 0 saturated carbocycles. The first kappa shape index (κ1) is 27.4. The highest BCUT2D eigenvalue weighted by Gasteiger charge is 2.34. The number of hydrogen-bond acceptors (Lipinski definition) is 6. The first-order valence-electron chi connectivity index (χ1n) is 10.5. The predicted octanol–water partition coefficient (Wildman–Crippen LogP) is 2.68. The van der Waals surface area contributed by atoms with Gasteiger partial charge in [0.1, 0.15) is 17.2 Å². The minimum atomic E-state index is -4.21. The molecule has 0 aliphatic heterocycles. The Hall–Kier alpha value is -2.89. The van der Waals surface area contributed by atoms with Gasteiger partial charge in [-0.25, -0.2) is 17.6 Å². The lowest BCUT2D eigenvalue weighted by atomic mass is 10.0. The third-order valence-corrected chi connectivity index (χ3v) is 6.85. The summed E-state index contributed by atoms with van der Waals surface area (Å²) < 4.78 is 52.1. The minimum Gasteiger partial charge on any atom is -0.497 e. The molecule has 0 aliphatic rings. The van der Waals surface area contributed by atoms with Crippen LogP contribution in [0.15, 0.2) is 53.4 Å². The zero-order valence-electron chi connectivity index (χ0n) is 19.6. The van der Waals surface area contributed by atoms with Gasteiger partial charge < -0.3 is 25.0 Å². The molecule has 2 rings (SSSR count). The van der Waals surface area contributed by atoms with Crippen molar-refractivity contribution >= 4 is 16.1 Å². The Morgan fingerprint density at radius 3 is 2.00 bits per heavy atom. The van der Waals surface area contributed by atoms with Crippen LogP contribution in [0.4, 0.5) is 9.18 Å². The molecule has 188 valence electrons. The van der Waals surface area contributed by atoms with E-state index < -0.39 is 47.0 Å². The van der Waals surface area contributed by atoms with Crippen LogP contribution in [0.25, 0.3) is 0 Å². The molecule has 0 saturated heterocycles. The Morgan fingerprint density at radius 1 is 1.06 bits per heavy atom. The normalized spacial score (nSPS) is 13.9. The summed E-state index contributed by atoms with van der Waals surface area (Å²) >= 11 is 0. The van der Waals surface area contributed by atoms with Crippen molar-refractivity contribution in [3.8, 4) is 11.5 Å². The molecule has 2 atom stereocenters. The SMILES string of the molecule is COc1ccc(C[C@H](NC(=O)O)[C@H](O)CN(CC(C)(C)F)S(=O)(=O)c2ccc(OC)cc2)cc1. The van der Waals surface area contributed by atoms with E-state index in [2.05, 4.69) is 5.32 Å². The number of ether oxygens (including phenoxy) is 2. The molecular formula is C23H31FN2O7S. The summed E-state index contributed by atoms with van der Waals surface area (Å²) in [6.07, 6.45) is -2.77. The van der Waals surface area contributed by atoms with E-state index in [1.807, 2.05) is 0 Å². The van der Waals surface area contributed by atoms with Gasteiger partial charge in [0, 0.05) is 13.1 Å². The molecule has 9 nitrogen and oxygen atoms in total. The molecule has 0 aromatic heterocycles. The van der Waals surface area contributed by atoms with Gasteiger partial charge in [0.2, 0.25) is 10.0 Å². The second kappa shape index (κ2) is 11.5. The van der Waals surface area contributed by atoms with Crippen molar-refractivity contribution < 1.29 is 37.3 Å². The number of benzene rings is 2. The summed E-state index contributed by atoms with van der Waals surface area (Å²) in [6, 6.07) is 11.3. The van der Waals surface area contributed by atoms with Gasteiger partial charge in [-0.1, -0.05) is 12.1 Å². The monoisotopic (exact) mass is 498 g/mol. The van der Waals surface area contributed by atoms with Crippen LogP contribution in [-0.2, 0) is 16.4 Å². The third kappa shape index (κ3) is 7.86. The zero-order chi connectivity index (χ0) is 25.5. The van der Waals surface area contributed by atoms with Gasteiger partial charge in [0.15, 0.2) is 0 Å². The number of nitrogens with zero attached hydrogens (tertiary/aromatic N) is 1. The van der Waals surface area contributed by atoms with E-state index >= 15 is 0 Å². The quantitative estimate of drug-likeness (QED) is 0.411. The summed E-state index contributed by atoms with van der Waals surface area (Å²) in [5, 5.41) is 22.4. The zero-order valence-corrected chi connectivity index (χ0v) is 20.4. The summed E-state index contributed by atoms with van der Waals surface area (Å²) in [5.74, 6) is 1.05. The van der Waals surface area contributed by atoms with Crippen LogP contribution in [0.5, 0.6) is 11.5 Å². The molecule has 2 aromatic rings. The summed E-state index contributed by atoms with van der Waals surface area (Å²) in [5.41, 5.74) is -1.22. The number of carboxylic acid groups (broad SMARTS) is 1. The van der Waals surface area contributed by atoms with E-state index in [0.717, 1.165) is 4.31 Å². The second-order valence-corrected chi connectivity index (χ2v) is 10.3. The molecular weight excluding hydrogens is 467 g/mol. The van der Waals surface area contributed by atoms with E-state index in [1.54, 1.807) is 24.3 Å². The Morgan fingerprint density at radius 2 is 1.56 bits per heavy atom. The second-order valence-electron chi connectivity index (χ2n) is 8.37. The standard InChI is InChI=1S/C23H31FN2O7S/c1-23(2,24)15-26(34(30,31)19-11-9-18(33-4)10-12-19)14-21(27)20(25-22(28)29)13-16-5-7-17(32-3)8-6-16/h5-12,20-21,25,27H,13-15H2,1-4H3,(H,28,29)/t20-,21+/m0/s1. The van der Waals surface area contributed by atoms with Crippen molar-refractivity contribution in [3.05, 3.63) is 54.1 Å². The number of aliphatic hydroxyl groups is 1. The van der Waals surface area contributed by atoms with Crippen LogP contribution < -0.4 is 14.8 Å². The van der Waals surface area contributed by atoms with Crippen molar-refractivity contribution in [1.82, 2.24) is 9.62 Å². The van der Waals surface area contributed by atoms with Crippen LogP contribution in [0.3, 0.4) is 0 Å². The van der Waals surface area contributed by atoms with Gasteiger partial charge >= 0.3 is 6.09 Å². The topological polar surface area (TPSA) is 125 Å². The van der Waals surface area contributed by atoms with E-state index in [1.165, 1.54) is 52.3 Å². The number of amides is 1. The highest BCUT2D eigenvalue weighted by molar-refractivity contribution is 7.89. The molecule has 0 aliphatic carbocycles. The van der Waals surface area contributed by atoms with Crippen LogP contribution >= 0.6 is 0 Å². The van der Waals surface area contributed by atoms with Crippen LogP contribution in [0, 0.1) is 0 Å². The Balaban J connectivity index is 2.32. The molecule has 11 heteroatoms. The fourth-order valence-corrected chi connectivity index (χ4v) is 4.96. The fraction of sp³-hybridized carbons (Fsp3) is 0.435. The molecule has 1 amide bonds. The van der Waals surface area contributed by atoms with Gasteiger partial charge in [-0.05, 0) is 62.2 Å². The molecule has 0 spiro atoms. The maximum Gasteiger partial charge on any atom is 0.404 e. The first-order chi connectivity index (χ1) is 15.9. The van der Waals surface area contributed by atoms with E-state index in [0.29, 0.717) is 17.1 Å². The van der Waals surface area contributed by atoms with E-state index in [-0.39, 0.29) is 11.3 Å². The lowest BCUT2D eigenvalue weighted by Crippen LogP contribution is -2.52. The molecule has 2 aromatic carbocycles. The highest BCUT2D eigenvalue weighted by Crippen LogP contribution is 2.23. The van der Waals surface area contributed by atoms with Crippen molar-refractivity contribution in [3.63, 3.8) is 0 Å². The lowest BCUT2D eigenvalue weighted by Gasteiger charge is -2.31. The van der Waals surface area contributed by atoms with Gasteiger partial charge in [-0.2, -0.15) is 4.31 Å². The number of methoxy groups -OCH3 is 2. The summed E-state index contributed by atoms with van der Waals surface area (Å²) in [4.78, 5) is 11.2. The first-order valence-corrected chi connectivity index (χ1v) is 11.9. The predicted molar refractivity (Wildman–Crippen MR) is 125 cm³/mol. The molecule has 3 N–H and O–H groups in total. The van der Waals surface area contributed by atoms with Crippen LogP contribution in [-0.4, -0.2) is 74.2 Å². The molecule has 34 heavy (non-hydrogen) atoms. The van der Waals surface area contributed by atoms with Crippen LogP contribution in [0.1, 0.15) is 19.4 Å². The Kier molecular flexibility index (Phi) is 9.25. The number of nitrogens with one attached hydrogen (secondary N) is 1. The largest absolute Gasteiger partial charge is 0.497 e. The third-order valence-electron chi connectivity index (χ3n) is 5.03. The lowest BCUT2D eigenvalue weighted by molar-refractivity contribution is 0.0841. The Labute approximate surface area is 199 Å². The number of carbonyl (C=O) groups is 1. The van der Waals surface area contributed by atoms with Crippen LogP contribution in [0.2, 0.25) is 0 Å². The van der Waals surface area contributed by atoms with E-state index in [9.17, 15) is 27.8 Å². The summed E-state index contributed by atoms with van der Waals surface area (Å²) in [7, 11) is -1.26. The van der Waals surface area contributed by atoms with Crippen molar-refractivity contribution in [2.75, 3.05) is 27.3 Å². The number of aliphatic hydroxyl groups excluding tert-OH is 1. The highest BCUT2D eigenvalue weighted by atomic mass is 32.2. The van der Waals surface area contributed by atoms with Gasteiger partial charge in [-0.15, -0.1) is 0 Å². The number of sulfonamides is 1. The maximum atomic E-state index is 14.6. The average molecular weight is 499 g/mol.